The SMILES string of the molecule is CC(C)CN1CCC2(CCCN(C(=O)c3ccsc3)[C@H]2CNC(=O)N(C)C)CC1. The van der Waals surface area contributed by atoms with Crippen molar-refractivity contribution >= 4 is 23.3 Å². The van der Waals surface area contributed by atoms with Crippen LogP contribution in [0.2, 0.25) is 0 Å². The highest BCUT2D eigenvalue weighted by molar-refractivity contribution is 7.08. The fourth-order valence-electron chi connectivity index (χ4n) is 5.00. The van der Waals surface area contributed by atoms with E-state index in [0.29, 0.717) is 12.5 Å². The fourth-order valence-corrected chi connectivity index (χ4v) is 5.63. The molecule has 0 saturated carbocycles. The number of rotatable bonds is 5. The number of nitrogens with one attached hydrogen (secondary N) is 1. The molecule has 1 atom stereocenters. The summed E-state index contributed by atoms with van der Waals surface area (Å²) in [7, 11) is 3.51. The lowest BCUT2D eigenvalue weighted by Crippen LogP contribution is -2.61. The molecule has 0 unspecified atom stereocenters. The molecule has 2 fully saturated rings. The van der Waals surface area contributed by atoms with Crippen LogP contribution >= 0.6 is 11.3 Å². The van der Waals surface area contributed by atoms with Crippen molar-refractivity contribution in [1.82, 2.24) is 20.0 Å². The number of hydrogen-bond acceptors (Lipinski definition) is 4. The third kappa shape index (κ3) is 5.12. The predicted molar refractivity (Wildman–Crippen MR) is 118 cm³/mol. The number of carbonyl (C=O) groups excluding carboxylic acids is 2. The Labute approximate surface area is 179 Å². The van der Waals surface area contributed by atoms with Crippen LogP contribution in [0.15, 0.2) is 16.8 Å². The first-order chi connectivity index (χ1) is 13.8. The summed E-state index contributed by atoms with van der Waals surface area (Å²) in [6.45, 7) is 9.13. The van der Waals surface area contributed by atoms with E-state index in [1.54, 1.807) is 30.3 Å². The lowest BCUT2D eigenvalue weighted by atomic mass is 9.66. The molecule has 7 heteroatoms. The van der Waals surface area contributed by atoms with E-state index in [1.165, 1.54) is 0 Å². The molecule has 29 heavy (non-hydrogen) atoms. The quantitative estimate of drug-likeness (QED) is 0.795. The molecule has 162 valence electrons. The van der Waals surface area contributed by atoms with Gasteiger partial charge >= 0.3 is 6.03 Å². The molecular weight excluding hydrogens is 384 g/mol. The summed E-state index contributed by atoms with van der Waals surface area (Å²) < 4.78 is 0. The predicted octanol–water partition coefficient (Wildman–Crippen LogP) is 3.36. The van der Waals surface area contributed by atoms with Crippen LogP contribution in [0.5, 0.6) is 0 Å². The van der Waals surface area contributed by atoms with Crippen molar-refractivity contribution in [1.29, 1.82) is 0 Å². The van der Waals surface area contributed by atoms with Crippen molar-refractivity contribution < 1.29 is 9.59 Å². The molecule has 0 radical (unpaired) electrons. The highest BCUT2D eigenvalue weighted by Crippen LogP contribution is 2.45. The lowest BCUT2D eigenvalue weighted by molar-refractivity contribution is -0.0233. The number of nitrogens with zero attached hydrogens (tertiary/aromatic N) is 3. The zero-order chi connectivity index (χ0) is 21.0. The van der Waals surface area contributed by atoms with Gasteiger partial charge in [-0.05, 0) is 61.6 Å². The Morgan fingerprint density at radius 3 is 2.55 bits per heavy atom. The Bertz CT molecular complexity index is 681. The molecule has 1 aromatic rings. The normalized spacial score (nSPS) is 22.1. The lowest BCUT2D eigenvalue weighted by Gasteiger charge is -2.53. The summed E-state index contributed by atoms with van der Waals surface area (Å²) in [6.07, 6.45) is 4.36. The molecule has 1 N–H and O–H groups in total. The second-order valence-electron chi connectivity index (χ2n) is 9.27. The molecule has 2 aliphatic rings. The molecule has 2 aliphatic heterocycles. The molecule has 2 saturated heterocycles. The first-order valence-electron chi connectivity index (χ1n) is 10.8. The van der Waals surface area contributed by atoms with Gasteiger partial charge in [0.05, 0.1) is 11.6 Å². The van der Waals surface area contributed by atoms with Gasteiger partial charge in [-0.2, -0.15) is 11.3 Å². The van der Waals surface area contributed by atoms with Crippen LogP contribution in [-0.2, 0) is 0 Å². The highest BCUT2D eigenvalue weighted by Gasteiger charge is 2.47. The third-order valence-corrected chi connectivity index (χ3v) is 7.20. The summed E-state index contributed by atoms with van der Waals surface area (Å²) in [6, 6.07) is 1.87. The maximum Gasteiger partial charge on any atom is 0.316 e. The van der Waals surface area contributed by atoms with E-state index >= 15 is 0 Å². The van der Waals surface area contributed by atoms with Gasteiger partial charge in [-0.3, -0.25) is 4.79 Å². The zero-order valence-electron chi connectivity index (χ0n) is 18.3. The Kier molecular flexibility index (Phi) is 7.22. The number of amides is 3. The second-order valence-corrected chi connectivity index (χ2v) is 10.0. The Morgan fingerprint density at radius 1 is 1.24 bits per heavy atom. The number of likely N-dealkylation sites (tertiary alicyclic amines) is 2. The third-order valence-electron chi connectivity index (χ3n) is 6.51. The largest absolute Gasteiger partial charge is 0.336 e. The van der Waals surface area contributed by atoms with Crippen molar-refractivity contribution in [2.24, 2.45) is 11.3 Å². The molecule has 3 heterocycles. The molecule has 6 nitrogen and oxygen atoms in total. The average Bonchev–Trinajstić information content (AvgIpc) is 3.22. The topological polar surface area (TPSA) is 55.9 Å². The van der Waals surface area contributed by atoms with Gasteiger partial charge < -0.3 is 20.0 Å². The average molecular weight is 421 g/mol. The van der Waals surface area contributed by atoms with Gasteiger partial charge in [-0.15, -0.1) is 0 Å². The van der Waals surface area contributed by atoms with Crippen molar-refractivity contribution in [3.8, 4) is 0 Å². The summed E-state index contributed by atoms with van der Waals surface area (Å²) in [5, 5.41) is 6.97. The smallest absolute Gasteiger partial charge is 0.316 e. The second kappa shape index (κ2) is 9.47. The van der Waals surface area contributed by atoms with E-state index in [1.807, 2.05) is 16.8 Å². The van der Waals surface area contributed by atoms with Crippen LogP contribution in [-0.4, -0.2) is 79.5 Å². The van der Waals surface area contributed by atoms with E-state index in [9.17, 15) is 9.59 Å². The molecule has 0 aromatic carbocycles. The number of thiophene rings is 1. The van der Waals surface area contributed by atoms with E-state index in [2.05, 4.69) is 29.0 Å². The minimum Gasteiger partial charge on any atom is -0.336 e. The maximum atomic E-state index is 13.3. The van der Waals surface area contributed by atoms with Crippen LogP contribution in [0.3, 0.4) is 0 Å². The molecule has 3 rings (SSSR count). The summed E-state index contributed by atoms with van der Waals surface area (Å²) >= 11 is 1.56. The van der Waals surface area contributed by atoms with Gasteiger partial charge in [-0.1, -0.05) is 13.8 Å². The molecule has 0 bridgehead atoms. The first kappa shape index (κ1) is 22.1. The minimum absolute atomic E-state index is 0.0498. The molecular formula is C22H36N4O2S. The van der Waals surface area contributed by atoms with Crippen LogP contribution in [0, 0.1) is 11.3 Å². The number of hydrogen-bond donors (Lipinski definition) is 1. The number of urea groups is 1. The minimum atomic E-state index is -0.0918. The molecule has 1 spiro atoms. The van der Waals surface area contributed by atoms with Crippen molar-refractivity contribution in [3.63, 3.8) is 0 Å². The van der Waals surface area contributed by atoms with Crippen LogP contribution in [0.25, 0.3) is 0 Å². The Hall–Kier alpha value is -1.60. The monoisotopic (exact) mass is 420 g/mol. The van der Waals surface area contributed by atoms with Crippen LogP contribution < -0.4 is 5.32 Å². The van der Waals surface area contributed by atoms with Gasteiger partial charge in [0.25, 0.3) is 5.91 Å². The van der Waals surface area contributed by atoms with Gasteiger partial charge in [0.1, 0.15) is 0 Å². The van der Waals surface area contributed by atoms with Gasteiger partial charge in [0, 0.05) is 39.1 Å². The highest BCUT2D eigenvalue weighted by atomic mass is 32.1. The van der Waals surface area contributed by atoms with Gasteiger partial charge in [0.15, 0.2) is 0 Å². The fraction of sp³-hybridized carbons (Fsp3) is 0.727. The zero-order valence-corrected chi connectivity index (χ0v) is 19.1. The molecule has 3 amide bonds. The van der Waals surface area contributed by atoms with Crippen LogP contribution in [0.4, 0.5) is 4.79 Å². The van der Waals surface area contributed by atoms with Crippen molar-refractivity contribution in [3.05, 3.63) is 22.4 Å². The van der Waals surface area contributed by atoms with E-state index in [0.717, 1.165) is 57.4 Å². The Balaban J connectivity index is 1.79. The number of carbonyl (C=O) groups is 2. The van der Waals surface area contributed by atoms with E-state index in [-0.39, 0.29) is 23.4 Å². The van der Waals surface area contributed by atoms with Crippen LogP contribution in [0.1, 0.15) is 49.9 Å². The van der Waals surface area contributed by atoms with Crippen molar-refractivity contribution in [2.45, 2.75) is 45.6 Å². The Morgan fingerprint density at radius 2 is 1.97 bits per heavy atom. The first-order valence-corrected chi connectivity index (χ1v) is 11.8. The van der Waals surface area contributed by atoms with E-state index < -0.39 is 0 Å². The molecule has 0 aliphatic carbocycles. The van der Waals surface area contributed by atoms with Gasteiger partial charge in [-0.25, -0.2) is 4.79 Å². The maximum absolute atomic E-state index is 13.3. The summed E-state index contributed by atoms with van der Waals surface area (Å²) in [5.74, 6) is 0.779. The number of piperidine rings is 2. The van der Waals surface area contributed by atoms with Crippen molar-refractivity contribution in [2.75, 3.05) is 46.8 Å². The summed E-state index contributed by atoms with van der Waals surface area (Å²) in [4.78, 5) is 31.7. The summed E-state index contributed by atoms with van der Waals surface area (Å²) in [5.41, 5.74) is 0.866. The van der Waals surface area contributed by atoms with Gasteiger partial charge in [0.2, 0.25) is 0 Å². The molecule has 1 aromatic heterocycles. The standard InChI is InChI=1S/C22H36N4O2S/c1-17(2)15-25-11-8-22(9-12-25)7-5-10-26(20(27)18-6-13-29-16-18)19(22)14-23-21(28)24(3)4/h6,13,16-17,19H,5,7-12,14-15H2,1-4H3,(H,23,28)/t19-/m0/s1. The van der Waals surface area contributed by atoms with E-state index in [4.69, 9.17) is 0 Å².